The van der Waals surface area contributed by atoms with Crippen LogP contribution in [0.3, 0.4) is 0 Å². The first-order valence-corrected chi connectivity index (χ1v) is 4.55. The predicted octanol–water partition coefficient (Wildman–Crippen LogP) is 1.83. The van der Waals surface area contributed by atoms with Crippen LogP contribution in [0.2, 0.25) is 0 Å². The Bertz CT molecular complexity index is 157. The lowest BCUT2D eigenvalue weighted by atomic mass is 9.89. The fourth-order valence-electron chi connectivity index (χ4n) is 1.85. The maximum absolute atomic E-state index is 13.7. The Morgan fingerprint density at radius 1 is 1.36 bits per heavy atom. The van der Waals surface area contributed by atoms with Crippen LogP contribution >= 0.6 is 0 Å². The third-order valence-corrected chi connectivity index (χ3v) is 2.97. The molecule has 0 radical (unpaired) electrons. The van der Waals surface area contributed by atoms with Gasteiger partial charge in [0.15, 0.2) is 0 Å². The van der Waals surface area contributed by atoms with Crippen molar-refractivity contribution in [3.05, 3.63) is 0 Å². The Morgan fingerprint density at radius 2 is 1.91 bits per heavy atom. The van der Waals surface area contributed by atoms with E-state index in [-0.39, 0.29) is 0 Å². The molecule has 1 aliphatic heterocycles. The standard InChI is InChI=1S/C9H16FN/c1-7(2)11-5-9(10,6-11)8-3-4-8/h7-8H,3-6H2,1-2H3. The molecule has 64 valence electrons. The SMILES string of the molecule is CC(C)N1CC(F)(C2CC2)C1. The van der Waals surface area contributed by atoms with Gasteiger partial charge in [-0.2, -0.15) is 0 Å². The molecule has 0 atom stereocenters. The summed E-state index contributed by atoms with van der Waals surface area (Å²) in [7, 11) is 0. The fourth-order valence-corrected chi connectivity index (χ4v) is 1.85. The Morgan fingerprint density at radius 3 is 2.27 bits per heavy atom. The molecule has 2 heteroatoms. The van der Waals surface area contributed by atoms with E-state index in [1.54, 1.807) is 0 Å². The van der Waals surface area contributed by atoms with Gasteiger partial charge < -0.3 is 0 Å². The molecular weight excluding hydrogens is 141 g/mol. The van der Waals surface area contributed by atoms with Crippen molar-refractivity contribution >= 4 is 0 Å². The normalized spacial score (nSPS) is 30.5. The molecule has 2 fully saturated rings. The van der Waals surface area contributed by atoms with Gasteiger partial charge in [0.05, 0.1) is 0 Å². The van der Waals surface area contributed by atoms with Crippen molar-refractivity contribution < 1.29 is 4.39 Å². The minimum absolute atomic E-state index is 0.414. The molecular formula is C9H16FN. The molecule has 1 nitrogen and oxygen atoms in total. The van der Waals surface area contributed by atoms with E-state index in [0.717, 1.165) is 12.8 Å². The lowest BCUT2D eigenvalue weighted by Gasteiger charge is -2.47. The van der Waals surface area contributed by atoms with Crippen LogP contribution in [0.15, 0.2) is 0 Å². The quantitative estimate of drug-likeness (QED) is 0.591. The number of hydrogen-bond acceptors (Lipinski definition) is 1. The molecule has 1 aliphatic carbocycles. The molecule has 0 N–H and O–H groups in total. The van der Waals surface area contributed by atoms with Gasteiger partial charge in [-0.15, -0.1) is 0 Å². The zero-order valence-electron chi connectivity index (χ0n) is 7.31. The molecule has 1 heterocycles. The smallest absolute Gasteiger partial charge is 0.139 e. The molecule has 0 aromatic heterocycles. The van der Waals surface area contributed by atoms with Gasteiger partial charge in [-0.05, 0) is 32.6 Å². The second-order valence-corrected chi connectivity index (χ2v) is 4.31. The van der Waals surface area contributed by atoms with Crippen LogP contribution in [0.25, 0.3) is 0 Å². The third-order valence-electron chi connectivity index (χ3n) is 2.97. The summed E-state index contributed by atoms with van der Waals surface area (Å²) in [6, 6.07) is 0.526. The predicted molar refractivity (Wildman–Crippen MR) is 43.3 cm³/mol. The molecule has 2 rings (SSSR count). The molecule has 0 aromatic rings. The Labute approximate surface area is 67.6 Å². The van der Waals surface area contributed by atoms with Crippen molar-refractivity contribution in [2.24, 2.45) is 5.92 Å². The minimum atomic E-state index is -0.787. The summed E-state index contributed by atoms with van der Waals surface area (Å²) in [4.78, 5) is 2.21. The number of nitrogens with zero attached hydrogens (tertiary/aromatic N) is 1. The Hall–Kier alpha value is -0.110. The molecule has 11 heavy (non-hydrogen) atoms. The summed E-state index contributed by atoms with van der Waals surface area (Å²) in [6.45, 7) is 5.64. The average molecular weight is 157 g/mol. The van der Waals surface area contributed by atoms with Crippen molar-refractivity contribution in [1.82, 2.24) is 4.90 Å². The van der Waals surface area contributed by atoms with E-state index < -0.39 is 5.67 Å². The van der Waals surface area contributed by atoms with E-state index in [9.17, 15) is 4.39 Å². The molecule has 0 bridgehead atoms. The summed E-state index contributed by atoms with van der Waals surface area (Å²) in [5, 5.41) is 0. The van der Waals surface area contributed by atoms with E-state index in [1.165, 1.54) is 0 Å². The van der Waals surface area contributed by atoms with Crippen LogP contribution in [0.1, 0.15) is 26.7 Å². The van der Waals surface area contributed by atoms with Gasteiger partial charge in [0, 0.05) is 19.1 Å². The lowest BCUT2D eigenvalue weighted by molar-refractivity contribution is -0.0644. The second-order valence-electron chi connectivity index (χ2n) is 4.31. The highest BCUT2D eigenvalue weighted by Gasteiger charge is 2.54. The van der Waals surface area contributed by atoms with Crippen LogP contribution < -0.4 is 0 Å². The van der Waals surface area contributed by atoms with Crippen LogP contribution in [-0.2, 0) is 0 Å². The van der Waals surface area contributed by atoms with Crippen LogP contribution in [0.5, 0.6) is 0 Å². The molecule has 2 aliphatic rings. The van der Waals surface area contributed by atoms with Crippen LogP contribution in [-0.4, -0.2) is 29.7 Å². The van der Waals surface area contributed by atoms with Crippen molar-refractivity contribution in [3.63, 3.8) is 0 Å². The average Bonchev–Trinajstić information content (AvgIpc) is 2.60. The van der Waals surface area contributed by atoms with Gasteiger partial charge in [-0.3, -0.25) is 4.90 Å². The van der Waals surface area contributed by atoms with Crippen molar-refractivity contribution in [2.75, 3.05) is 13.1 Å². The molecule has 0 amide bonds. The molecule has 0 aromatic carbocycles. The first-order valence-electron chi connectivity index (χ1n) is 4.55. The van der Waals surface area contributed by atoms with Gasteiger partial charge in [-0.1, -0.05) is 0 Å². The summed E-state index contributed by atoms with van der Waals surface area (Å²) in [5.74, 6) is 0.414. The van der Waals surface area contributed by atoms with Crippen LogP contribution in [0.4, 0.5) is 4.39 Å². The molecule has 1 saturated heterocycles. The van der Waals surface area contributed by atoms with Gasteiger partial charge in [0.2, 0.25) is 0 Å². The molecule has 0 unspecified atom stereocenters. The monoisotopic (exact) mass is 157 g/mol. The number of likely N-dealkylation sites (tertiary alicyclic amines) is 1. The maximum atomic E-state index is 13.7. The van der Waals surface area contributed by atoms with Gasteiger partial charge >= 0.3 is 0 Å². The zero-order valence-corrected chi connectivity index (χ0v) is 7.31. The van der Waals surface area contributed by atoms with E-state index in [0.29, 0.717) is 25.0 Å². The Balaban J connectivity index is 1.85. The number of alkyl halides is 1. The highest BCUT2D eigenvalue weighted by Crippen LogP contribution is 2.47. The minimum Gasteiger partial charge on any atom is -0.294 e. The maximum Gasteiger partial charge on any atom is 0.139 e. The fraction of sp³-hybridized carbons (Fsp3) is 1.00. The van der Waals surface area contributed by atoms with Crippen molar-refractivity contribution in [3.8, 4) is 0 Å². The van der Waals surface area contributed by atoms with E-state index in [4.69, 9.17) is 0 Å². The summed E-state index contributed by atoms with van der Waals surface area (Å²) < 4.78 is 13.7. The number of rotatable bonds is 2. The summed E-state index contributed by atoms with van der Waals surface area (Å²) >= 11 is 0. The summed E-state index contributed by atoms with van der Waals surface area (Å²) in [6.07, 6.45) is 2.25. The molecule has 0 spiro atoms. The van der Waals surface area contributed by atoms with E-state index >= 15 is 0 Å². The highest BCUT2D eigenvalue weighted by molar-refractivity contribution is 5.06. The first-order chi connectivity index (χ1) is 5.12. The Kier molecular flexibility index (Phi) is 1.50. The van der Waals surface area contributed by atoms with Gasteiger partial charge in [0.1, 0.15) is 5.67 Å². The van der Waals surface area contributed by atoms with Crippen LogP contribution in [0, 0.1) is 5.92 Å². The first kappa shape index (κ1) is 7.53. The number of hydrogen-bond donors (Lipinski definition) is 0. The van der Waals surface area contributed by atoms with Crippen molar-refractivity contribution in [1.29, 1.82) is 0 Å². The van der Waals surface area contributed by atoms with Gasteiger partial charge in [-0.25, -0.2) is 4.39 Å². The lowest BCUT2D eigenvalue weighted by Crippen LogP contribution is -2.62. The van der Waals surface area contributed by atoms with E-state index in [2.05, 4.69) is 18.7 Å². The van der Waals surface area contributed by atoms with Gasteiger partial charge in [0.25, 0.3) is 0 Å². The number of halogens is 1. The third kappa shape index (κ3) is 1.18. The zero-order chi connectivity index (χ0) is 8.06. The summed E-state index contributed by atoms with van der Waals surface area (Å²) in [5.41, 5.74) is -0.787. The largest absolute Gasteiger partial charge is 0.294 e. The molecule has 1 saturated carbocycles. The topological polar surface area (TPSA) is 3.24 Å². The van der Waals surface area contributed by atoms with Crippen molar-refractivity contribution in [2.45, 2.75) is 38.4 Å². The van der Waals surface area contributed by atoms with E-state index in [1.807, 2.05) is 0 Å². The highest BCUT2D eigenvalue weighted by atomic mass is 19.1. The second kappa shape index (κ2) is 2.19.